The van der Waals surface area contributed by atoms with E-state index >= 15 is 0 Å². The van der Waals surface area contributed by atoms with Crippen LogP contribution >= 0.6 is 0 Å². The fourth-order valence-corrected chi connectivity index (χ4v) is 6.33. The lowest BCUT2D eigenvalue weighted by Crippen LogP contribution is -2.53. The summed E-state index contributed by atoms with van der Waals surface area (Å²) in [6.45, 7) is 6.01. The fourth-order valence-electron chi connectivity index (χ4n) is 4.92. The third kappa shape index (κ3) is 8.57. The summed E-state index contributed by atoms with van der Waals surface area (Å²) in [5, 5.41) is 3.01. The van der Waals surface area contributed by atoms with Gasteiger partial charge in [0.05, 0.1) is 10.6 Å². The molecule has 230 valence electrons. The van der Waals surface area contributed by atoms with Crippen molar-refractivity contribution in [3.05, 3.63) is 131 Å². The number of sulfonamides is 1. The molecule has 0 aliphatic heterocycles. The molecule has 0 aliphatic carbocycles. The van der Waals surface area contributed by atoms with Crippen molar-refractivity contribution in [1.29, 1.82) is 0 Å². The lowest BCUT2D eigenvalue weighted by atomic mass is 10.0. The van der Waals surface area contributed by atoms with E-state index in [1.165, 1.54) is 4.90 Å². The lowest BCUT2D eigenvalue weighted by Gasteiger charge is -2.34. The molecule has 0 bridgehead atoms. The van der Waals surface area contributed by atoms with Gasteiger partial charge in [-0.2, -0.15) is 0 Å². The van der Waals surface area contributed by atoms with E-state index in [0.29, 0.717) is 12.2 Å². The Morgan fingerprint density at radius 2 is 1.30 bits per heavy atom. The van der Waals surface area contributed by atoms with Gasteiger partial charge >= 0.3 is 0 Å². The summed E-state index contributed by atoms with van der Waals surface area (Å²) in [6, 6.07) is 31.8. The molecule has 1 unspecified atom stereocenters. The van der Waals surface area contributed by atoms with Crippen molar-refractivity contribution in [3.63, 3.8) is 0 Å². The molecule has 0 radical (unpaired) electrons. The number of amides is 2. The number of aryl methyl sites for hydroxylation is 2. The molecule has 0 aliphatic rings. The summed E-state index contributed by atoms with van der Waals surface area (Å²) in [5.74, 6) is -0.744. The zero-order valence-corrected chi connectivity index (χ0v) is 26.5. The van der Waals surface area contributed by atoms with Gasteiger partial charge in [-0.05, 0) is 55.7 Å². The second kappa shape index (κ2) is 15.3. The number of hydrogen-bond acceptors (Lipinski definition) is 4. The summed E-state index contributed by atoms with van der Waals surface area (Å²) < 4.78 is 29.3. The van der Waals surface area contributed by atoms with Crippen molar-refractivity contribution < 1.29 is 18.0 Å². The zero-order chi connectivity index (χ0) is 31.5. The molecule has 0 saturated heterocycles. The Labute approximate surface area is 261 Å². The summed E-state index contributed by atoms with van der Waals surface area (Å²) in [6.07, 6.45) is 2.01. The summed E-state index contributed by atoms with van der Waals surface area (Å²) in [4.78, 5) is 29.8. The van der Waals surface area contributed by atoms with Gasteiger partial charge in [0.1, 0.15) is 12.6 Å². The van der Waals surface area contributed by atoms with Gasteiger partial charge < -0.3 is 10.2 Å². The van der Waals surface area contributed by atoms with Gasteiger partial charge in [0.2, 0.25) is 11.8 Å². The lowest BCUT2D eigenvalue weighted by molar-refractivity contribution is -0.140. The van der Waals surface area contributed by atoms with Crippen LogP contribution in [0.2, 0.25) is 0 Å². The second-order valence-corrected chi connectivity index (χ2v) is 12.9. The van der Waals surface area contributed by atoms with Crippen LogP contribution in [0.25, 0.3) is 0 Å². The van der Waals surface area contributed by atoms with Crippen molar-refractivity contribution in [2.24, 2.45) is 0 Å². The minimum Gasteiger partial charge on any atom is -0.354 e. The molecule has 4 rings (SSSR count). The van der Waals surface area contributed by atoms with Crippen LogP contribution < -0.4 is 9.62 Å². The highest BCUT2D eigenvalue weighted by atomic mass is 32.2. The van der Waals surface area contributed by atoms with Gasteiger partial charge in [-0.3, -0.25) is 13.9 Å². The van der Waals surface area contributed by atoms with E-state index in [0.717, 1.165) is 39.4 Å². The predicted molar refractivity (Wildman–Crippen MR) is 176 cm³/mol. The smallest absolute Gasteiger partial charge is 0.264 e. The molecule has 1 N–H and O–H groups in total. The van der Waals surface area contributed by atoms with Crippen LogP contribution in [0.4, 0.5) is 5.69 Å². The number of hydrogen-bond donors (Lipinski definition) is 1. The third-order valence-electron chi connectivity index (χ3n) is 7.51. The molecular weight excluding hydrogens is 570 g/mol. The van der Waals surface area contributed by atoms with Gasteiger partial charge in [0.15, 0.2) is 0 Å². The Balaban J connectivity index is 1.77. The molecule has 0 spiro atoms. The van der Waals surface area contributed by atoms with Crippen LogP contribution in [0.3, 0.4) is 0 Å². The molecule has 0 aromatic heterocycles. The number of anilines is 1. The highest BCUT2D eigenvalue weighted by Crippen LogP contribution is 2.26. The normalized spacial score (nSPS) is 11.9. The average molecular weight is 612 g/mol. The first-order chi connectivity index (χ1) is 21.2. The summed E-state index contributed by atoms with van der Waals surface area (Å²) in [5.41, 5.74) is 4.00. The Hall–Kier alpha value is -4.43. The van der Waals surface area contributed by atoms with E-state index in [-0.39, 0.29) is 23.8 Å². The highest BCUT2D eigenvalue weighted by molar-refractivity contribution is 7.92. The molecule has 44 heavy (non-hydrogen) atoms. The zero-order valence-electron chi connectivity index (χ0n) is 25.6. The molecular formula is C36H41N3O4S. The van der Waals surface area contributed by atoms with E-state index < -0.39 is 28.5 Å². The Bertz CT molecular complexity index is 1610. The van der Waals surface area contributed by atoms with Crippen LogP contribution in [0.5, 0.6) is 0 Å². The highest BCUT2D eigenvalue weighted by Gasteiger charge is 2.34. The first-order valence-electron chi connectivity index (χ1n) is 15.0. The van der Waals surface area contributed by atoms with Crippen LogP contribution in [0.15, 0.2) is 114 Å². The van der Waals surface area contributed by atoms with Crippen molar-refractivity contribution in [2.45, 2.75) is 57.5 Å². The monoisotopic (exact) mass is 611 g/mol. The number of benzene rings is 4. The van der Waals surface area contributed by atoms with E-state index in [4.69, 9.17) is 0 Å². The van der Waals surface area contributed by atoms with Crippen molar-refractivity contribution in [1.82, 2.24) is 10.2 Å². The first-order valence-corrected chi connectivity index (χ1v) is 16.4. The van der Waals surface area contributed by atoms with Gasteiger partial charge in [0.25, 0.3) is 10.0 Å². The molecule has 0 fully saturated rings. The maximum atomic E-state index is 14.4. The molecule has 0 saturated carbocycles. The standard InChI is InChI=1S/C36H41N3O4S/c1-4-5-24-37-36(41)34(25-30-12-8-6-9-13-30)38(26-31-14-10-7-11-15-31)35(40)27-39(32-20-16-28(2)17-21-32)44(42,43)33-22-18-29(3)19-23-33/h6-23,34H,4-5,24-27H2,1-3H3,(H,37,41). The van der Waals surface area contributed by atoms with Crippen molar-refractivity contribution in [2.75, 3.05) is 17.4 Å². The SMILES string of the molecule is CCCCNC(=O)C(Cc1ccccc1)N(Cc1ccccc1)C(=O)CN(c1ccc(C)cc1)S(=O)(=O)c1ccc(C)cc1. The molecule has 4 aromatic rings. The van der Waals surface area contributed by atoms with E-state index in [2.05, 4.69) is 5.32 Å². The number of rotatable bonds is 14. The fraction of sp³-hybridized carbons (Fsp3) is 0.278. The van der Waals surface area contributed by atoms with Gasteiger partial charge in [0, 0.05) is 19.5 Å². The third-order valence-corrected chi connectivity index (χ3v) is 9.29. The molecule has 2 amide bonds. The maximum Gasteiger partial charge on any atom is 0.264 e. The second-order valence-electron chi connectivity index (χ2n) is 11.0. The predicted octanol–water partition coefficient (Wildman–Crippen LogP) is 6.06. The number of unbranched alkanes of at least 4 members (excludes halogenated alkanes) is 1. The number of carbonyl (C=O) groups is 2. The Morgan fingerprint density at radius 1 is 0.750 bits per heavy atom. The van der Waals surface area contributed by atoms with E-state index in [9.17, 15) is 18.0 Å². The van der Waals surface area contributed by atoms with Crippen LogP contribution in [-0.4, -0.2) is 44.3 Å². The summed E-state index contributed by atoms with van der Waals surface area (Å²) in [7, 11) is -4.12. The van der Waals surface area contributed by atoms with Gasteiger partial charge in [-0.15, -0.1) is 0 Å². The number of nitrogens with zero attached hydrogens (tertiary/aromatic N) is 2. The van der Waals surface area contributed by atoms with Gasteiger partial charge in [-0.25, -0.2) is 8.42 Å². The number of nitrogens with one attached hydrogen (secondary N) is 1. The number of carbonyl (C=O) groups excluding carboxylic acids is 2. The van der Waals surface area contributed by atoms with Crippen LogP contribution in [0.1, 0.15) is 42.0 Å². The first kappa shape index (κ1) is 32.5. The summed E-state index contributed by atoms with van der Waals surface area (Å²) >= 11 is 0. The van der Waals surface area contributed by atoms with Crippen molar-refractivity contribution >= 4 is 27.5 Å². The molecule has 1 atom stereocenters. The molecule has 8 heteroatoms. The Kier molecular flexibility index (Phi) is 11.3. The molecule has 7 nitrogen and oxygen atoms in total. The quantitative estimate of drug-likeness (QED) is 0.176. The van der Waals surface area contributed by atoms with Crippen LogP contribution in [-0.2, 0) is 32.6 Å². The minimum atomic E-state index is -4.12. The minimum absolute atomic E-state index is 0.0872. The van der Waals surface area contributed by atoms with E-state index in [1.54, 1.807) is 36.4 Å². The van der Waals surface area contributed by atoms with Crippen molar-refractivity contribution in [3.8, 4) is 0 Å². The van der Waals surface area contributed by atoms with Gasteiger partial charge in [-0.1, -0.05) is 109 Å². The largest absolute Gasteiger partial charge is 0.354 e. The van der Waals surface area contributed by atoms with Crippen LogP contribution in [0, 0.1) is 13.8 Å². The Morgan fingerprint density at radius 3 is 1.86 bits per heavy atom. The molecule has 4 aromatic carbocycles. The maximum absolute atomic E-state index is 14.4. The average Bonchev–Trinajstić information content (AvgIpc) is 3.03. The topological polar surface area (TPSA) is 86.8 Å². The molecule has 0 heterocycles. The van der Waals surface area contributed by atoms with E-state index in [1.807, 2.05) is 93.6 Å².